The van der Waals surface area contributed by atoms with E-state index in [2.05, 4.69) is 5.32 Å². The predicted molar refractivity (Wildman–Crippen MR) is 149 cm³/mol. The topological polar surface area (TPSA) is 116 Å². The molecule has 2 aliphatic rings. The van der Waals surface area contributed by atoms with E-state index in [4.69, 9.17) is 4.74 Å². The second-order valence-corrected chi connectivity index (χ2v) is 12.9. The van der Waals surface area contributed by atoms with Crippen molar-refractivity contribution in [3.8, 4) is 5.75 Å². The maximum atomic E-state index is 13.7. The summed E-state index contributed by atoms with van der Waals surface area (Å²) in [6, 6.07) is 9.06. The standard InChI is InChI=1S/C29H38FN3O6S/c1-19-16-33(20(2)18-34)29(36)24-10-7-11-25(31-28(35)21-8-5-4-6-9-21)27(24)39-26(19)17-32(3)40(37,38)23-14-12-22(30)13-15-23/h7,10-15,19-21,26,34H,4-6,8-9,16-18H2,1-3H3,(H,31,35)/t19-,20-,26-/m0/s1. The third kappa shape index (κ3) is 6.47. The minimum Gasteiger partial charge on any atom is -0.486 e. The highest BCUT2D eigenvalue weighted by Gasteiger charge is 2.36. The van der Waals surface area contributed by atoms with Gasteiger partial charge in [-0.05, 0) is 56.2 Å². The summed E-state index contributed by atoms with van der Waals surface area (Å²) in [6.45, 7) is 3.48. The number of halogens is 1. The van der Waals surface area contributed by atoms with E-state index < -0.39 is 28.0 Å². The van der Waals surface area contributed by atoms with Crippen LogP contribution in [0.5, 0.6) is 5.75 Å². The Bertz CT molecular complexity index is 1310. The molecule has 9 nitrogen and oxygen atoms in total. The molecule has 1 saturated carbocycles. The van der Waals surface area contributed by atoms with Gasteiger partial charge in [0, 0.05) is 25.4 Å². The number of nitrogens with zero attached hydrogens (tertiary/aromatic N) is 2. The lowest BCUT2D eigenvalue weighted by atomic mass is 9.88. The third-order valence-corrected chi connectivity index (χ3v) is 9.72. The lowest BCUT2D eigenvalue weighted by Crippen LogP contribution is -2.50. The second-order valence-electron chi connectivity index (χ2n) is 10.9. The molecule has 0 bridgehead atoms. The zero-order valence-corrected chi connectivity index (χ0v) is 24.0. The van der Waals surface area contributed by atoms with E-state index >= 15 is 0 Å². The summed E-state index contributed by atoms with van der Waals surface area (Å²) in [5.41, 5.74) is 0.573. The van der Waals surface area contributed by atoms with Crippen molar-refractivity contribution in [2.24, 2.45) is 11.8 Å². The van der Waals surface area contributed by atoms with E-state index in [1.165, 1.54) is 19.2 Å². The zero-order valence-electron chi connectivity index (χ0n) is 23.2. The van der Waals surface area contributed by atoms with Crippen molar-refractivity contribution >= 4 is 27.5 Å². The third-order valence-electron chi connectivity index (χ3n) is 7.88. The summed E-state index contributed by atoms with van der Waals surface area (Å²) in [5.74, 6) is -1.31. The number of likely N-dealkylation sites (N-methyl/N-ethyl adjacent to an activating group) is 1. The number of hydrogen-bond donors (Lipinski definition) is 2. The fraction of sp³-hybridized carbons (Fsp3) is 0.517. The van der Waals surface area contributed by atoms with Crippen molar-refractivity contribution < 1.29 is 32.2 Å². The minimum absolute atomic E-state index is 0.0542. The van der Waals surface area contributed by atoms with Crippen molar-refractivity contribution in [3.05, 3.63) is 53.8 Å². The van der Waals surface area contributed by atoms with Crippen LogP contribution in [0.15, 0.2) is 47.4 Å². The van der Waals surface area contributed by atoms with Crippen LogP contribution in [0.2, 0.25) is 0 Å². The number of carbonyl (C=O) groups is 2. The van der Waals surface area contributed by atoms with Crippen LogP contribution in [0.4, 0.5) is 10.1 Å². The number of fused-ring (bicyclic) bond motifs is 1. The number of rotatable bonds is 8. The summed E-state index contributed by atoms with van der Waals surface area (Å²) < 4.78 is 47.6. The Morgan fingerprint density at radius 3 is 2.50 bits per heavy atom. The number of anilines is 1. The largest absolute Gasteiger partial charge is 0.486 e. The number of sulfonamides is 1. The van der Waals surface area contributed by atoms with Crippen LogP contribution in [-0.2, 0) is 14.8 Å². The summed E-state index contributed by atoms with van der Waals surface area (Å²) in [5, 5.41) is 12.9. The Kier molecular flexibility index (Phi) is 9.48. The quantitative estimate of drug-likeness (QED) is 0.494. The molecule has 0 saturated heterocycles. The highest BCUT2D eigenvalue weighted by molar-refractivity contribution is 7.89. The van der Waals surface area contributed by atoms with Crippen LogP contribution in [0, 0.1) is 17.7 Å². The van der Waals surface area contributed by atoms with Gasteiger partial charge >= 0.3 is 0 Å². The molecular formula is C29H38FN3O6S. The van der Waals surface area contributed by atoms with Gasteiger partial charge in [-0.1, -0.05) is 32.3 Å². The lowest BCUT2D eigenvalue weighted by Gasteiger charge is -2.38. The number of para-hydroxylation sites is 1. The monoisotopic (exact) mass is 575 g/mol. The summed E-state index contributed by atoms with van der Waals surface area (Å²) in [4.78, 5) is 28.3. The number of aliphatic hydroxyl groups is 1. The summed E-state index contributed by atoms with van der Waals surface area (Å²) in [6.07, 6.45) is 3.97. The fourth-order valence-corrected chi connectivity index (χ4v) is 6.48. The number of carbonyl (C=O) groups excluding carboxylic acids is 2. The first-order chi connectivity index (χ1) is 19.0. The molecule has 2 aromatic rings. The van der Waals surface area contributed by atoms with E-state index in [-0.39, 0.29) is 59.6 Å². The molecule has 1 aliphatic heterocycles. The van der Waals surface area contributed by atoms with Crippen LogP contribution < -0.4 is 10.1 Å². The van der Waals surface area contributed by atoms with Crippen molar-refractivity contribution in [3.63, 3.8) is 0 Å². The first kappa shape index (κ1) is 30.0. The van der Waals surface area contributed by atoms with Crippen LogP contribution in [0.1, 0.15) is 56.3 Å². The van der Waals surface area contributed by atoms with Gasteiger partial charge in [0.2, 0.25) is 15.9 Å². The van der Waals surface area contributed by atoms with Crippen LogP contribution in [-0.4, -0.2) is 73.4 Å². The number of ether oxygens (including phenoxy) is 1. The van der Waals surface area contributed by atoms with Gasteiger partial charge in [0.05, 0.1) is 35.3 Å². The lowest BCUT2D eigenvalue weighted by molar-refractivity contribution is -0.120. The number of benzene rings is 2. The van der Waals surface area contributed by atoms with Gasteiger partial charge in [-0.2, -0.15) is 4.31 Å². The van der Waals surface area contributed by atoms with Gasteiger partial charge in [-0.15, -0.1) is 0 Å². The predicted octanol–water partition coefficient (Wildman–Crippen LogP) is 3.89. The Balaban J connectivity index is 1.69. The summed E-state index contributed by atoms with van der Waals surface area (Å²) in [7, 11) is -2.55. The molecule has 0 aromatic heterocycles. The zero-order chi connectivity index (χ0) is 29.0. The molecular weight excluding hydrogens is 537 g/mol. The van der Waals surface area contributed by atoms with E-state index in [9.17, 15) is 27.5 Å². The Morgan fingerprint density at radius 2 is 1.85 bits per heavy atom. The molecule has 4 rings (SSSR count). The van der Waals surface area contributed by atoms with Crippen LogP contribution in [0.25, 0.3) is 0 Å². The van der Waals surface area contributed by atoms with Gasteiger partial charge in [-0.3, -0.25) is 9.59 Å². The smallest absolute Gasteiger partial charge is 0.258 e. The fourth-order valence-electron chi connectivity index (χ4n) is 5.30. The van der Waals surface area contributed by atoms with Crippen LogP contribution in [0.3, 0.4) is 0 Å². The Morgan fingerprint density at radius 1 is 1.18 bits per heavy atom. The Labute approximate surface area is 235 Å². The van der Waals surface area contributed by atoms with Gasteiger partial charge in [0.1, 0.15) is 11.9 Å². The molecule has 40 heavy (non-hydrogen) atoms. The Hall–Kier alpha value is -3.02. The van der Waals surface area contributed by atoms with E-state index in [1.807, 2.05) is 6.92 Å². The molecule has 0 unspecified atom stereocenters. The number of aliphatic hydroxyl groups excluding tert-OH is 1. The van der Waals surface area contributed by atoms with Crippen LogP contribution >= 0.6 is 0 Å². The van der Waals surface area contributed by atoms with E-state index in [0.717, 1.165) is 48.5 Å². The highest BCUT2D eigenvalue weighted by atomic mass is 32.2. The molecule has 1 aliphatic carbocycles. The second kappa shape index (κ2) is 12.7. The maximum absolute atomic E-state index is 13.7. The van der Waals surface area contributed by atoms with E-state index in [1.54, 1.807) is 30.0 Å². The van der Waals surface area contributed by atoms with Crippen molar-refractivity contribution in [1.29, 1.82) is 0 Å². The van der Waals surface area contributed by atoms with Gasteiger partial charge in [0.15, 0.2) is 5.75 Å². The minimum atomic E-state index is -3.97. The van der Waals surface area contributed by atoms with Gasteiger partial charge in [0.25, 0.3) is 5.91 Å². The molecule has 2 N–H and O–H groups in total. The molecule has 0 spiro atoms. The molecule has 1 fully saturated rings. The van der Waals surface area contributed by atoms with Crippen molar-refractivity contribution in [2.75, 3.05) is 32.1 Å². The van der Waals surface area contributed by atoms with Gasteiger partial charge < -0.3 is 20.1 Å². The van der Waals surface area contributed by atoms with E-state index in [0.29, 0.717) is 5.69 Å². The van der Waals surface area contributed by atoms with Crippen molar-refractivity contribution in [2.45, 2.75) is 63.0 Å². The molecule has 218 valence electrons. The average molecular weight is 576 g/mol. The number of amides is 2. The number of hydrogen-bond acceptors (Lipinski definition) is 6. The summed E-state index contributed by atoms with van der Waals surface area (Å²) >= 11 is 0. The molecule has 2 amide bonds. The molecule has 11 heteroatoms. The maximum Gasteiger partial charge on any atom is 0.258 e. The first-order valence-corrected chi connectivity index (χ1v) is 15.2. The molecule has 2 aromatic carbocycles. The molecule has 3 atom stereocenters. The first-order valence-electron chi connectivity index (χ1n) is 13.8. The molecule has 1 heterocycles. The highest BCUT2D eigenvalue weighted by Crippen LogP contribution is 2.36. The average Bonchev–Trinajstić information content (AvgIpc) is 2.95. The molecule has 0 radical (unpaired) electrons. The number of nitrogens with one attached hydrogen (secondary N) is 1. The normalized spacial score (nSPS) is 21.2. The SMILES string of the molecule is C[C@H]1CN([C@@H](C)CO)C(=O)c2cccc(NC(=O)C3CCCCC3)c2O[C@H]1CN(C)S(=O)(=O)c1ccc(F)cc1. The van der Waals surface area contributed by atoms with Gasteiger partial charge in [-0.25, -0.2) is 12.8 Å². The van der Waals surface area contributed by atoms with Crippen molar-refractivity contribution in [1.82, 2.24) is 9.21 Å².